The van der Waals surface area contributed by atoms with Gasteiger partial charge in [-0.1, -0.05) is 11.6 Å². The first-order valence-corrected chi connectivity index (χ1v) is 9.10. The minimum atomic E-state index is 0.367. The molecule has 1 aliphatic carbocycles. The van der Waals surface area contributed by atoms with E-state index < -0.39 is 0 Å². The fraction of sp³-hybridized carbons (Fsp3) is 0.500. The normalized spacial score (nSPS) is 19.6. The first-order valence-electron chi connectivity index (χ1n) is 7.89. The Morgan fingerprint density at radius 2 is 2.21 bits per heavy atom. The van der Waals surface area contributed by atoms with Gasteiger partial charge in [-0.3, -0.25) is 5.14 Å². The molecule has 2 aromatic heterocycles. The SMILES string of the molecule is Cc1c(Cl)cn2ncc(C#N)c(N3CC4(CC(N(C)SN)C4)C3)c12. The maximum absolute atomic E-state index is 9.51. The molecule has 0 atom stereocenters. The summed E-state index contributed by atoms with van der Waals surface area (Å²) in [6.45, 7) is 3.93. The number of halogens is 1. The van der Waals surface area contributed by atoms with E-state index in [1.807, 2.05) is 14.0 Å². The van der Waals surface area contributed by atoms with Crippen LogP contribution in [0.25, 0.3) is 5.52 Å². The van der Waals surface area contributed by atoms with E-state index in [0.29, 0.717) is 22.0 Å². The van der Waals surface area contributed by atoms with Crippen LogP contribution in [-0.2, 0) is 0 Å². The van der Waals surface area contributed by atoms with Crippen LogP contribution in [0.2, 0.25) is 5.02 Å². The largest absolute Gasteiger partial charge is 0.367 e. The van der Waals surface area contributed by atoms with Crippen LogP contribution in [0.15, 0.2) is 12.4 Å². The third-order valence-electron chi connectivity index (χ3n) is 5.48. The zero-order chi connectivity index (χ0) is 17.1. The standard InChI is InChI=1S/C16H19ClN6S/c1-10-13(17)7-23-14(10)15(11(5-18)6-20-23)22-8-16(9-22)3-12(4-16)21(2)24-19/h6-7,12H,3-4,8-9,19H2,1-2H3. The molecule has 0 amide bonds. The predicted molar refractivity (Wildman–Crippen MR) is 96.9 cm³/mol. The maximum Gasteiger partial charge on any atom is 0.103 e. The third-order valence-corrected chi connectivity index (χ3v) is 6.49. The number of rotatable bonds is 3. The van der Waals surface area contributed by atoms with E-state index in [-0.39, 0.29) is 0 Å². The molecule has 1 saturated carbocycles. The Morgan fingerprint density at radius 3 is 2.83 bits per heavy atom. The van der Waals surface area contributed by atoms with Gasteiger partial charge >= 0.3 is 0 Å². The van der Waals surface area contributed by atoms with Crippen molar-refractivity contribution in [3.05, 3.63) is 28.5 Å². The second-order valence-corrected chi connectivity index (χ2v) is 8.18. The van der Waals surface area contributed by atoms with Gasteiger partial charge in [-0.2, -0.15) is 10.4 Å². The zero-order valence-corrected chi connectivity index (χ0v) is 15.2. The third kappa shape index (κ3) is 2.21. The molecule has 2 aromatic rings. The van der Waals surface area contributed by atoms with Gasteiger partial charge < -0.3 is 4.90 Å². The molecule has 0 radical (unpaired) electrons. The van der Waals surface area contributed by atoms with E-state index in [4.69, 9.17) is 16.7 Å². The van der Waals surface area contributed by atoms with Crippen molar-refractivity contribution in [3.63, 3.8) is 0 Å². The van der Waals surface area contributed by atoms with Crippen molar-refractivity contribution in [2.24, 2.45) is 10.6 Å². The number of nitrogens with zero attached hydrogens (tertiary/aromatic N) is 5. The minimum Gasteiger partial charge on any atom is -0.367 e. The van der Waals surface area contributed by atoms with Crippen LogP contribution >= 0.6 is 23.7 Å². The van der Waals surface area contributed by atoms with E-state index in [1.54, 1.807) is 16.9 Å². The van der Waals surface area contributed by atoms with Gasteiger partial charge in [-0.05, 0) is 32.4 Å². The lowest BCUT2D eigenvalue weighted by Gasteiger charge is -2.61. The van der Waals surface area contributed by atoms with E-state index in [1.165, 1.54) is 12.1 Å². The number of fused-ring (bicyclic) bond motifs is 1. The number of hydrogen-bond donors (Lipinski definition) is 1. The van der Waals surface area contributed by atoms with Crippen molar-refractivity contribution in [1.82, 2.24) is 13.9 Å². The summed E-state index contributed by atoms with van der Waals surface area (Å²) in [6.07, 6.45) is 5.76. The van der Waals surface area contributed by atoms with Crippen LogP contribution in [0.4, 0.5) is 5.69 Å². The van der Waals surface area contributed by atoms with Crippen molar-refractivity contribution in [2.45, 2.75) is 25.8 Å². The molecule has 1 aliphatic heterocycles. The van der Waals surface area contributed by atoms with E-state index in [9.17, 15) is 5.26 Å². The topological polar surface area (TPSA) is 73.6 Å². The molecule has 2 fully saturated rings. The Labute approximate surface area is 150 Å². The Kier molecular flexibility index (Phi) is 3.69. The maximum atomic E-state index is 9.51. The molecule has 24 heavy (non-hydrogen) atoms. The molecular weight excluding hydrogens is 344 g/mol. The molecule has 0 bridgehead atoms. The highest BCUT2D eigenvalue weighted by Crippen LogP contribution is 2.52. The summed E-state index contributed by atoms with van der Waals surface area (Å²) in [5, 5.41) is 20.1. The number of nitriles is 1. The monoisotopic (exact) mass is 362 g/mol. The molecule has 1 saturated heterocycles. The first-order chi connectivity index (χ1) is 11.5. The molecular formula is C16H19ClN6S. The fourth-order valence-electron chi connectivity index (χ4n) is 4.10. The minimum absolute atomic E-state index is 0.367. The van der Waals surface area contributed by atoms with Gasteiger partial charge in [0, 0.05) is 42.9 Å². The summed E-state index contributed by atoms with van der Waals surface area (Å²) in [4.78, 5) is 2.30. The van der Waals surface area contributed by atoms with Gasteiger partial charge in [0.15, 0.2) is 0 Å². The van der Waals surface area contributed by atoms with Gasteiger partial charge in [0.05, 0.1) is 28.0 Å². The molecule has 0 aromatic carbocycles. The number of nitrogens with two attached hydrogens (primary N) is 1. The van der Waals surface area contributed by atoms with Crippen LogP contribution in [0.5, 0.6) is 0 Å². The van der Waals surface area contributed by atoms with Crippen molar-refractivity contribution in [3.8, 4) is 6.07 Å². The van der Waals surface area contributed by atoms with Crippen molar-refractivity contribution in [1.29, 1.82) is 5.26 Å². The average molecular weight is 363 g/mol. The van der Waals surface area contributed by atoms with Crippen LogP contribution in [-0.4, -0.2) is 40.1 Å². The van der Waals surface area contributed by atoms with Crippen molar-refractivity contribution >= 4 is 34.9 Å². The highest BCUT2D eigenvalue weighted by Gasteiger charge is 2.54. The molecule has 8 heteroatoms. The van der Waals surface area contributed by atoms with E-state index in [0.717, 1.165) is 42.7 Å². The average Bonchev–Trinajstić information content (AvgIpc) is 2.79. The van der Waals surface area contributed by atoms with Crippen molar-refractivity contribution < 1.29 is 0 Å². The highest BCUT2D eigenvalue weighted by atomic mass is 35.5. The predicted octanol–water partition coefficient (Wildman–Crippen LogP) is 2.59. The van der Waals surface area contributed by atoms with Crippen LogP contribution in [0.1, 0.15) is 24.0 Å². The Hall–Kier alpha value is -1.46. The summed E-state index contributed by atoms with van der Waals surface area (Å²) in [5.74, 6) is 0. The smallest absolute Gasteiger partial charge is 0.103 e. The van der Waals surface area contributed by atoms with Gasteiger partial charge in [0.25, 0.3) is 0 Å². The van der Waals surface area contributed by atoms with Crippen molar-refractivity contribution in [2.75, 3.05) is 25.0 Å². The fourth-order valence-corrected chi connectivity index (χ4v) is 4.61. The quantitative estimate of drug-likeness (QED) is 0.846. The Bertz CT molecular complexity index is 842. The molecule has 2 N–H and O–H groups in total. The Morgan fingerprint density at radius 1 is 1.50 bits per heavy atom. The highest BCUT2D eigenvalue weighted by molar-refractivity contribution is 7.94. The van der Waals surface area contributed by atoms with E-state index >= 15 is 0 Å². The van der Waals surface area contributed by atoms with Gasteiger partial charge in [-0.25, -0.2) is 8.82 Å². The summed E-state index contributed by atoms with van der Waals surface area (Å²) < 4.78 is 3.91. The van der Waals surface area contributed by atoms with E-state index in [2.05, 4.69) is 20.4 Å². The zero-order valence-electron chi connectivity index (χ0n) is 13.7. The molecule has 0 unspecified atom stereocenters. The molecule has 1 spiro atoms. The second-order valence-electron chi connectivity index (χ2n) is 6.98. The molecule has 2 aliphatic rings. The molecule has 126 valence electrons. The van der Waals surface area contributed by atoms with Crippen LogP contribution < -0.4 is 10.0 Å². The molecule has 4 rings (SSSR count). The lowest BCUT2D eigenvalue weighted by Crippen LogP contribution is -2.66. The van der Waals surface area contributed by atoms with Gasteiger partial charge in [-0.15, -0.1) is 0 Å². The second kappa shape index (κ2) is 5.53. The van der Waals surface area contributed by atoms with Gasteiger partial charge in [0.2, 0.25) is 0 Å². The lowest BCUT2D eigenvalue weighted by atomic mass is 9.60. The Balaban J connectivity index is 1.62. The number of hydrogen-bond acceptors (Lipinski definition) is 6. The van der Waals surface area contributed by atoms with Gasteiger partial charge in [0.1, 0.15) is 6.07 Å². The van der Waals surface area contributed by atoms with Crippen LogP contribution in [0.3, 0.4) is 0 Å². The van der Waals surface area contributed by atoms with Crippen LogP contribution in [0, 0.1) is 23.7 Å². The first kappa shape index (κ1) is 16.0. The molecule has 3 heterocycles. The summed E-state index contributed by atoms with van der Waals surface area (Å²) >= 11 is 7.57. The number of aryl methyl sites for hydroxylation is 1. The number of aromatic nitrogens is 2. The number of anilines is 1. The summed E-state index contributed by atoms with van der Waals surface area (Å²) in [5.41, 5.74) is 3.86. The summed E-state index contributed by atoms with van der Waals surface area (Å²) in [6, 6.07) is 2.84. The lowest BCUT2D eigenvalue weighted by molar-refractivity contribution is 0.0244. The summed E-state index contributed by atoms with van der Waals surface area (Å²) in [7, 11) is 2.05. The molecule has 6 nitrogen and oxygen atoms in total.